The molecule has 1 saturated heterocycles. The minimum atomic E-state index is -3.48. The second-order valence-electron chi connectivity index (χ2n) is 6.68. The van der Waals surface area contributed by atoms with E-state index < -0.39 is 10.0 Å². The first-order valence-corrected chi connectivity index (χ1v) is 10.4. The van der Waals surface area contributed by atoms with E-state index in [9.17, 15) is 8.42 Å². The van der Waals surface area contributed by atoms with Crippen LogP contribution in [0.3, 0.4) is 0 Å². The zero-order chi connectivity index (χ0) is 18.6. The van der Waals surface area contributed by atoms with Gasteiger partial charge in [0.15, 0.2) is 0 Å². The highest BCUT2D eigenvalue weighted by atomic mass is 32.2. The highest BCUT2D eigenvalue weighted by molar-refractivity contribution is 7.89. The summed E-state index contributed by atoms with van der Waals surface area (Å²) in [6, 6.07) is 13.8. The van der Waals surface area contributed by atoms with E-state index in [4.69, 9.17) is 4.74 Å². The van der Waals surface area contributed by atoms with Crippen LogP contribution in [-0.2, 0) is 21.2 Å². The van der Waals surface area contributed by atoms with E-state index >= 15 is 0 Å². The number of hydrogen-bond donors (Lipinski definition) is 1. The molecule has 1 heterocycles. The maximum Gasteiger partial charge on any atom is 0.240 e. The van der Waals surface area contributed by atoms with Crippen LogP contribution in [0.25, 0.3) is 0 Å². The Hall–Kier alpha value is -1.89. The Morgan fingerprint density at radius 2 is 1.73 bits per heavy atom. The van der Waals surface area contributed by atoms with Crippen molar-refractivity contribution in [2.24, 2.45) is 0 Å². The third kappa shape index (κ3) is 4.63. The van der Waals surface area contributed by atoms with Crippen molar-refractivity contribution in [2.45, 2.75) is 25.2 Å². The number of morpholine rings is 1. The highest BCUT2D eigenvalue weighted by Crippen LogP contribution is 2.18. The molecule has 1 N–H and O–H groups in total. The van der Waals surface area contributed by atoms with Crippen LogP contribution in [0.2, 0.25) is 0 Å². The molecular weight excluding hydrogens is 348 g/mol. The topological polar surface area (TPSA) is 58.6 Å². The van der Waals surface area contributed by atoms with Crippen molar-refractivity contribution < 1.29 is 13.2 Å². The fraction of sp³-hybridized carbons (Fsp3) is 0.400. The first-order chi connectivity index (χ1) is 12.5. The zero-order valence-electron chi connectivity index (χ0n) is 15.4. The van der Waals surface area contributed by atoms with E-state index in [0.717, 1.165) is 43.0 Å². The van der Waals surface area contributed by atoms with Crippen LogP contribution in [0.5, 0.6) is 0 Å². The minimum Gasteiger partial charge on any atom is -0.378 e. The molecule has 1 aliphatic rings. The maximum absolute atomic E-state index is 12.5. The molecule has 1 aliphatic heterocycles. The number of sulfonamides is 1. The van der Waals surface area contributed by atoms with Gasteiger partial charge in [-0.1, -0.05) is 24.3 Å². The predicted octanol–water partition coefficient (Wildman–Crippen LogP) is 2.66. The molecule has 1 fully saturated rings. The van der Waals surface area contributed by atoms with Crippen molar-refractivity contribution in [3.05, 3.63) is 59.2 Å². The Kier molecular flexibility index (Phi) is 5.96. The molecule has 0 saturated carbocycles. The van der Waals surface area contributed by atoms with Crippen LogP contribution in [0.4, 0.5) is 5.69 Å². The number of nitrogens with zero attached hydrogens (tertiary/aromatic N) is 1. The van der Waals surface area contributed by atoms with Gasteiger partial charge in [-0.25, -0.2) is 13.1 Å². The molecule has 0 aromatic heterocycles. The largest absolute Gasteiger partial charge is 0.378 e. The van der Waals surface area contributed by atoms with Crippen LogP contribution in [0.15, 0.2) is 47.4 Å². The number of rotatable bonds is 6. The molecule has 26 heavy (non-hydrogen) atoms. The molecule has 5 nitrogen and oxygen atoms in total. The lowest BCUT2D eigenvalue weighted by molar-refractivity contribution is 0.122. The van der Waals surface area contributed by atoms with Crippen LogP contribution in [0, 0.1) is 13.8 Å². The molecule has 0 atom stereocenters. The molecular formula is C20H26N2O3S. The standard InChI is InChI=1S/C20H26N2O3S/c1-16-3-4-17(2)20(15-16)26(23,24)21-10-9-18-5-7-19(8-6-18)22-11-13-25-14-12-22/h3-8,15,21H,9-14H2,1-2H3. The van der Waals surface area contributed by atoms with Gasteiger partial charge in [0.2, 0.25) is 10.0 Å². The van der Waals surface area contributed by atoms with E-state index in [1.54, 1.807) is 6.07 Å². The SMILES string of the molecule is Cc1ccc(C)c(S(=O)(=O)NCCc2ccc(N3CCOCC3)cc2)c1. The fourth-order valence-corrected chi connectivity index (χ4v) is 4.46. The minimum absolute atomic E-state index is 0.361. The molecule has 140 valence electrons. The summed E-state index contributed by atoms with van der Waals surface area (Å²) in [5.41, 5.74) is 4.01. The molecule has 0 amide bonds. The zero-order valence-corrected chi connectivity index (χ0v) is 16.2. The second kappa shape index (κ2) is 8.20. The summed E-state index contributed by atoms with van der Waals surface area (Å²) in [4.78, 5) is 2.66. The van der Waals surface area contributed by atoms with Gasteiger partial charge in [0, 0.05) is 25.3 Å². The van der Waals surface area contributed by atoms with E-state index in [0.29, 0.717) is 17.9 Å². The lowest BCUT2D eigenvalue weighted by Crippen LogP contribution is -2.36. The third-order valence-electron chi connectivity index (χ3n) is 4.65. The lowest BCUT2D eigenvalue weighted by atomic mass is 10.1. The molecule has 0 aliphatic carbocycles. The fourth-order valence-electron chi connectivity index (χ4n) is 3.10. The second-order valence-corrected chi connectivity index (χ2v) is 8.42. The van der Waals surface area contributed by atoms with Gasteiger partial charge in [-0.05, 0) is 55.2 Å². The van der Waals surface area contributed by atoms with Gasteiger partial charge in [0.25, 0.3) is 0 Å². The summed E-state index contributed by atoms with van der Waals surface area (Å²) >= 11 is 0. The van der Waals surface area contributed by atoms with Gasteiger partial charge in [-0.2, -0.15) is 0 Å². The van der Waals surface area contributed by atoms with Gasteiger partial charge < -0.3 is 9.64 Å². The average molecular weight is 375 g/mol. The molecule has 0 spiro atoms. The number of anilines is 1. The number of aryl methyl sites for hydroxylation is 2. The van der Waals surface area contributed by atoms with Crippen molar-refractivity contribution in [3.63, 3.8) is 0 Å². The van der Waals surface area contributed by atoms with Crippen LogP contribution in [0.1, 0.15) is 16.7 Å². The molecule has 0 bridgehead atoms. The summed E-state index contributed by atoms with van der Waals surface area (Å²) < 4.78 is 33.1. The average Bonchev–Trinajstić information content (AvgIpc) is 2.65. The van der Waals surface area contributed by atoms with E-state index in [2.05, 4.69) is 33.9 Å². The smallest absolute Gasteiger partial charge is 0.240 e. The van der Waals surface area contributed by atoms with Gasteiger partial charge >= 0.3 is 0 Å². The Bertz CT molecular complexity index is 842. The van der Waals surface area contributed by atoms with E-state index in [1.807, 2.05) is 26.0 Å². The van der Waals surface area contributed by atoms with Crippen molar-refractivity contribution >= 4 is 15.7 Å². The van der Waals surface area contributed by atoms with Crippen LogP contribution >= 0.6 is 0 Å². The quantitative estimate of drug-likeness (QED) is 0.845. The molecule has 2 aromatic rings. The highest BCUT2D eigenvalue weighted by Gasteiger charge is 2.16. The number of ether oxygens (including phenoxy) is 1. The maximum atomic E-state index is 12.5. The first-order valence-electron chi connectivity index (χ1n) is 8.94. The van der Waals surface area contributed by atoms with Crippen molar-refractivity contribution in [2.75, 3.05) is 37.7 Å². The summed E-state index contributed by atoms with van der Waals surface area (Å²) in [7, 11) is -3.48. The molecule has 0 unspecified atom stereocenters. The molecule has 2 aromatic carbocycles. The molecule has 3 rings (SSSR count). The van der Waals surface area contributed by atoms with Crippen molar-refractivity contribution in [1.29, 1.82) is 0 Å². The molecule has 6 heteroatoms. The predicted molar refractivity (Wildman–Crippen MR) is 104 cm³/mol. The van der Waals surface area contributed by atoms with Gasteiger partial charge in [-0.3, -0.25) is 0 Å². The number of hydrogen-bond acceptors (Lipinski definition) is 4. The molecule has 0 radical (unpaired) electrons. The number of benzene rings is 2. The van der Waals surface area contributed by atoms with Crippen LogP contribution < -0.4 is 9.62 Å². The van der Waals surface area contributed by atoms with Gasteiger partial charge in [0.1, 0.15) is 0 Å². The monoisotopic (exact) mass is 374 g/mol. The van der Waals surface area contributed by atoms with Crippen molar-refractivity contribution in [3.8, 4) is 0 Å². The van der Waals surface area contributed by atoms with Gasteiger partial charge in [-0.15, -0.1) is 0 Å². The van der Waals surface area contributed by atoms with Crippen LogP contribution in [-0.4, -0.2) is 41.3 Å². The van der Waals surface area contributed by atoms with Gasteiger partial charge in [0.05, 0.1) is 18.1 Å². The Morgan fingerprint density at radius 3 is 2.42 bits per heavy atom. The number of nitrogens with one attached hydrogen (secondary N) is 1. The Morgan fingerprint density at radius 1 is 1.04 bits per heavy atom. The Balaban J connectivity index is 1.58. The summed E-state index contributed by atoms with van der Waals surface area (Å²) in [5, 5.41) is 0. The lowest BCUT2D eigenvalue weighted by Gasteiger charge is -2.28. The normalized spacial score (nSPS) is 15.2. The van der Waals surface area contributed by atoms with Crippen molar-refractivity contribution in [1.82, 2.24) is 4.72 Å². The summed E-state index contributed by atoms with van der Waals surface area (Å²) in [5.74, 6) is 0. The summed E-state index contributed by atoms with van der Waals surface area (Å²) in [6.45, 7) is 7.45. The Labute approximate surface area is 156 Å². The summed E-state index contributed by atoms with van der Waals surface area (Å²) in [6.07, 6.45) is 0.660. The third-order valence-corrected chi connectivity index (χ3v) is 6.25. The first kappa shape index (κ1) is 18.9. The van der Waals surface area contributed by atoms with E-state index in [1.165, 1.54) is 5.69 Å². The van der Waals surface area contributed by atoms with E-state index in [-0.39, 0.29) is 0 Å².